The number of ether oxygens (including phenoxy) is 1. The molecule has 0 aliphatic carbocycles. The van der Waals surface area contributed by atoms with Gasteiger partial charge >= 0.3 is 5.97 Å². The van der Waals surface area contributed by atoms with Gasteiger partial charge in [-0.2, -0.15) is 0 Å². The lowest BCUT2D eigenvalue weighted by Gasteiger charge is -2.17. The Balaban J connectivity index is 2.09. The van der Waals surface area contributed by atoms with Crippen molar-refractivity contribution in [3.05, 3.63) is 29.3 Å². The molecular weight excluding hydrogens is 248 g/mol. The first-order valence-corrected chi connectivity index (χ1v) is 6.08. The molecule has 3 N–H and O–H groups in total. The number of carbonyl (C=O) groups excluding carboxylic acids is 1. The number of nitrogens with zero attached hydrogens (tertiary/aromatic N) is 1. The summed E-state index contributed by atoms with van der Waals surface area (Å²) in [5.74, 6) is -1.09. The van der Waals surface area contributed by atoms with Gasteiger partial charge < -0.3 is 20.5 Å². The molecule has 19 heavy (non-hydrogen) atoms. The summed E-state index contributed by atoms with van der Waals surface area (Å²) in [6.07, 6.45) is 0.666. The Morgan fingerprint density at radius 2 is 2.21 bits per heavy atom. The fraction of sp³-hybridized carbons (Fsp3) is 0.385. The van der Waals surface area contributed by atoms with Crippen LogP contribution in [0.25, 0.3) is 0 Å². The first-order chi connectivity index (χ1) is 9.13. The van der Waals surface area contributed by atoms with E-state index in [0.29, 0.717) is 26.1 Å². The Kier molecular flexibility index (Phi) is 4.13. The van der Waals surface area contributed by atoms with Crippen LogP contribution in [0, 0.1) is 0 Å². The Morgan fingerprint density at radius 1 is 1.42 bits per heavy atom. The summed E-state index contributed by atoms with van der Waals surface area (Å²) in [4.78, 5) is 24.4. The largest absolute Gasteiger partial charge is 0.478 e. The Hall–Kier alpha value is -1.92. The number of carboxylic acids is 1. The summed E-state index contributed by atoms with van der Waals surface area (Å²) in [6, 6.07) is 4.80. The van der Waals surface area contributed by atoms with Gasteiger partial charge in [0.2, 0.25) is 0 Å². The minimum absolute atomic E-state index is 0.00266. The van der Waals surface area contributed by atoms with Crippen LogP contribution in [0.3, 0.4) is 0 Å². The van der Waals surface area contributed by atoms with Gasteiger partial charge in [-0.05, 0) is 30.2 Å². The summed E-state index contributed by atoms with van der Waals surface area (Å²) in [6.45, 7) is 1.29. The molecule has 6 nitrogen and oxygen atoms in total. The molecule has 102 valence electrons. The zero-order valence-electron chi connectivity index (χ0n) is 10.5. The van der Waals surface area contributed by atoms with Crippen molar-refractivity contribution < 1.29 is 19.4 Å². The lowest BCUT2D eigenvalue weighted by atomic mass is 10.1. The molecule has 0 bridgehead atoms. The van der Waals surface area contributed by atoms with Crippen molar-refractivity contribution in [1.82, 2.24) is 0 Å². The maximum atomic E-state index is 11.9. The van der Waals surface area contributed by atoms with E-state index in [1.165, 1.54) is 6.07 Å². The summed E-state index contributed by atoms with van der Waals surface area (Å²) < 4.78 is 5.12. The third-order valence-corrected chi connectivity index (χ3v) is 3.01. The summed E-state index contributed by atoms with van der Waals surface area (Å²) in [5.41, 5.74) is 7.18. The van der Waals surface area contributed by atoms with E-state index in [0.717, 1.165) is 11.3 Å². The van der Waals surface area contributed by atoms with Crippen LogP contribution >= 0.6 is 0 Å². The van der Waals surface area contributed by atoms with Gasteiger partial charge in [0, 0.05) is 18.8 Å². The monoisotopic (exact) mass is 264 g/mol. The third kappa shape index (κ3) is 2.91. The van der Waals surface area contributed by atoms with Crippen LogP contribution < -0.4 is 10.6 Å². The molecule has 1 aliphatic rings. The summed E-state index contributed by atoms with van der Waals surface area (Å²) in [5, 5.41) is 8.92. The SMILES string of the molecule is NCCOCC(=O)N1CCc2cc(C(=O)O)ccc21. The zero-order valence-corrected chi connectivity index (χ0v) is 10.5. The van der Waals surface area contributed by atoms with Gasteiger partial charge in [0.05, 0.1) is 12.2 Å². The number of fused-ring (bicyclic) bond motifs is 1. The second-order valence-electron chi connectivity index (χ2n) is 4.29. The highest BCUT2D eigenvalue weighted by Gasteiger charge is 2.25. The maximum Gasteiger partial charge on any atom is 0.335 e. The Morgan fingerprint density at radius 3 is 2.89 bits per heavy atom. The molecule has 0 saturated carbocycles. The van der Waals surface area contributed by atoms with E-state index in [1.807, 2.05) is 0 Å². The molecule has 0 fully saturated rings. The average Bonchev–Trinajstić information content (AvgIpc) is 2.81. The lowest BCUT2D eigenvalue weighted by molar-refractivity contribution is -0.122. The first-order valence-electron chi connectivity index (χ1n) is 6.08. The van der Waals surface area contributed by atoms with Crippen LogP contribution in [0.5, 0.6) is 0 Å². The number of hydrogen-bond donors (Lipinski definition) is 2. The van der Waals surface area contributed by atoms with Crippen LogP contribution in [0.4, 0.5) is 5.69 Å². The molecule has 6 heteroatoms. The number of aromatic carboxylic acids is 1. The minimum atomic E-state index is -0.959. The van der Waals surface area contributed by atoms with Crippen LogP contribution in [-0.4, -0.2) is 43.3 Å². The topological polar surface area (TPSA) is 92.9 Å². The van der Waals surface area contributed by atoms with E-state index >= 15 is 0 Å². The minimum Gasteiger partial charge on any atom is -0.478 e. The smallest absolute Gasteiger partial charge is 0.335 e. The van der Waals surface area contributed by atoms with E-state index in [9.17, 15) is 9.59 Å². The molecule has 2 rings (SSSR count). The van der Waals surface area contributed by atoms with Gasteiger partial charge in [-0.15, -0.1) is 0 Å². The quantitative estimate of drug-likeness (QED) is 0.744. The molecule has 0 radical (unpaired) electrons. The molecule has 0 unspecified atom stereocenters. The van der Waals surface area contributed by atoms with E-state index in [2.05, 4.69) is 0 Å². The number of anilines is 1. The highest BCUT2D eigenvalue weighted by Crippen LogP contribution is 2.28. The predicted molar refractivity (Wildman–Crippen MR) is 69.3 cm³/mol. The summed E-state index contributed by atoms with van der Waals surface area (Å²) >= 11 is 0. The highest BCUT2D eigenvalue weighted by atomic mass is 16.5. The number of amides is 1. The normalized spacial score (nSPS) is 13.4. The second-order valence-corrected chi connectivity index (χ2v) is 4.29. The molecule has 0 spiro atoms. The highest BCUT2D eigenvalue weighted by molar-refractivity contribution is 5.97. The molecule has 0 saturated heterocycles. The number of benzene rings is 1. The van der Waals surface area contributed by atoms with Crippen molar-refractivity contribution in [2.24, 2.45) is 5.73 Å². The fourth-order valence-electron chi connectivity index (χ4n) is 2.11. The van der Waals surface area contributed by atoms with Crippen molar-refractivity contribution in [3.63, 3.8) is 0 Å². The predicted octanol–water partition coefficient (Wildman–Crippen LogP) is 0.249. The van der Waals surface area contributed by atoms with Crippen molar-refractivity contribution in [2.75, 3.05) is 31.2 Å². The molecule has 0 atom stereocenters. The summed E-state index contributed by atoms with van der Waals surface area (Å²) in [7, 11) is 0. The molecule has 0 aromatic heterocycles. The van der Waals surface area contributed by atoms with E-state index in [1.54, 1.807) is 17.0 Å². The van der Waals surface area contributed by atoms with Crippen LogP contribution in [0.2, 0.25) is 0 Å². The van der Waals surface area contributed by atoms with Gasteiger partial charge in [0.1, 0.15) is 6.61 Å². The van der Waals surface area contributed by atoms with Gasteiger partial charge in [0.25, 0.3) is 5.91 Å². The zero-order chi connectivity index (χ0) is 13.8. The number of nitrogens with two attached hydrogens (primary N) is 1. The third-order valence-electron chi connectivity index (χ3n) is 3.01. The van der Waals surface area contributed by atoms with E-state index in [-0.39, 0.29) is 18.1 Å². The van der Waals surface area contributed by atoms with Gasteiger partial charge in [-0.1, -0.05) is 0 Å². The van der Waals surface area contributed by atoms with Crippen molar-refractivity contribution in [3.8, 4) is 0 Å². The molecule has 1 aliphatic heterocycles. The van der Waals surface area contributed by atoms with Crippen molar-refractivity contribution in [1.29, 1.82) is 0 Å². The standard InChI is InChI=1S/C13H16N2O4/c14-4-6-19-8-12(16)15-5-3-9-7-10(13(17)18)1-2-11(9)15/h1-2,7H,3-6,8,14H2,(H,17,18). The van der Waals surface area contributed by atoms with E-state index < -0.39 is 5.97 Å². The molecule has 1 aromatic carbocycles. The maximum absolute atomic E-state index is 11.9. The van der Waals surface area contributed by atoms with E-state index in [4.69, 9.17) is 15.6 Å². The van der Waals surface area contributed by atoms with Crippen molar-refractivity contribution >= 4 is 17.6 Å². The Labute approximate surface area is 110 Å². The number of carbonyl (C=O) groups is 2. The lowest BCUT2D eigenvalue weighted by Crippen LogP contribution is -2.33. The average molecular weight is 264 g/mol. The fourth-order valence-corrected chi connectivity index (χ4v) is 2.11. The first kappa shape index (κ1) is 13.5. The van der Waals surface area contributed by atoms with Gasteiger partial charge in [-0.3, -0.25) is 4.79 Å². The second kappa shape index (κ2) is 5.81. The van der Waals surface area contributed by atoms with Crippen LogP contribution in [-0.2, 0) is 16.0 Å². The van der Waals surface area contributed by atoms with Crippen LogP contribution in [0.15, 0.2) is 18.2 Å². The number of carboxylic acid groups (broad SMARTS) is 1. The molecule has 1 amide bonds. The molecular formula is C13H16N2O4. The van der Waals surface area contributed by atoms with Gasteiger partial charge in [0.15, 0.2) is 0 Å². The molecule has 1 heterocycles. The Bertz CT molecular complexity index is 501. The number of rotatable bonds is 5. The van der Waals surface area contributed by atoms with Crippen LogP contribution in [0.1, 0.15) is 15.9 Å². The van der Waals surface area contributed by atoms with Gasteiger partial charge in [-0.25, -0.2) is 4.79 Å². The van der Waals surface area contributed by atoms with Crippen molar-refractivity contribution in [2.45, 2.75) is 6.42 Å². The number of hydrogen-bond acceptors (Lipinski definition) is 4. The molecule has 1 aromatic rings.